The Kier molecular flexibility index (Phi) is 5.34. The van der Waals surface area contributed by atoms with Gasteiger partial charge < -0.3 is 5.32 Å². The summed E-state index contributed by atoms with van der Waals surface area (Å²) >= 11 is 0. The highest BCUT2D eigenvalue weighted by Crippen LogP contribution is 2.17. The molecule has 0 unspecified atom stereocenters. The smallest absolute Gasteiger partial charge is 0.233 e. The van der Waals surface area contributed by atoms with Crippen LogP contribution in [0.1, 0.15) is 60.2 Å². The van der Waals surface area contributed by atoms with Gasteiger partial charge in [0.15, 0.2) is 5.78 Å². The van der Waals surface area contributed by atoms with E-state index in [1.54, 1.807) is 10.9 Å². The van der Waals surface area contributed by atoms with Gasteiger partial charge in [0.25, 0.3) is 0 Å². The number of aryl methyl sites for hydroxylation is 2. The van der Waals surface area contributed by atoms with Crippen molar-refractivity contribution in [2.24, 2.45) is 0 Å². The van der Waals surface area contributed by atoms with E-state index < -0.39 is 0 Å². The highest BCUT2D eigenvalue weighted by Gasteiger charge is 2.18. The first-order valence-electron chi connectivity index (χ1n) is 9.04. The van der Waals surface area contributed by atoms with Crippen molar-refractivity contribution in [3.05, 3.63) is 47.3 Å². The van der Waals surface area contributed by atoms with E-state index in [1.165, 1.54) is 6.92 Å². The third-order valence-electron chi connectivity index (χ3n) is 4.64. The van der Waals surface area contributed by atoms with Gasteiger partial charge in [-0.05, 0) is 33.3 Å². The highest BCUT2D eigenvalue weighted by atomic mass is 16.1. The number of amides is 1. The van der Waals surface area contributed by atoms with Crippen molar-refractivity contribution >= 4 is 17.5 Å². The predicted molar refractivity (Wildman–Crippen MR) is 100 cm³/mol. The molecule has 3 aromatic rings. The molecule has 0 aliphatic rings. The summed E-state index contributed by atoms with van der Waals surface area (Å²) in [6.07, 6.45) is 6.46. The van der Waals surface area contributed by atoms with Crippen LogP contribution in [0.4, 0.5) is 0 Å². The average Bonchev–Trinajstić information content (AvgIpc) is 3.18. The van der Waals surface area contributed by atoms with Crippen LogP contribution in [-0.2, 0) is 11.3 Å². The van der Waals surface area contributed by atoms with Crippen LogP contribution in [-0.4, -0.2) is 35.8 Å². The SMILES string of the molecule is CC[C@H](NC(=O)CCn1nc(C)c(C(C)=O)c1C)c1cn2cccnc2n1. The van der Waals surface area contributed by atoms with Crippen LogP contribution < -0.4 is 5.32 Å². The number of aromatic nitrogens is 5. The van der Waals surface area contributed by atoms with Crippen LogP contribution in [0.5, 0.6) is 0 Å². The maximum Gasteiger partial charge on any atom is 0.233 e. The summed E-state index contributed by atoms with van der Waals surface area (Å²) in [5.41, 5.74) is 2.92. The van der Waals surface area contributed by atoms with Gasteiger partial charge in [-0.2, -0.15) is 5.10 Å². The van der Waals surface area contributed by atoms with Crippen molar-refractivity contribution in [2.75, 3.05) is 0 Å². The number of nitrogens with one attached hydrogen (secondary N) is 1. The Labute approximate surface area is 157 Å². The average molecular weight is 368 g/mol. The minimum atomic E-state index is -0.174. The fourth-order valence-corrected chi connectivity index (χ4v) is 3.30. The molecule has 0 aliphatic carbocycles. The molecule has 0 radical (unpaired) electrons. The number of nitrogens with zero attached hydrogens (tertiary/aromatic N) is 5. The molecule has 1 N–H and O–H groups in total. The maximum atomic E-state index is 12.4. The quantitative estimate of drug-likeness (QED) is 0.646. The Bertz CT molecular complexity index is 954. The number of hydrogen-bond acceptors (Lipinski definition) is 5. The Hall–Kier alpha value is -3.03. The molecular formula is C19H24N6O2. The highest BCUT2D eigenvalue weighted by molar-refractivity contribution is 5.96. The van der Waals surface area contributed by atoms with Crippen LogP contribution in [0.25, 0.3) is 5.78 Å². The first-order valence-corrected chi connectivity index (χ1v) is 9.04. The number of carbonyl (C=O) groups excluding carboxylic acids is 2. The van der Waals surface area contributed by atoms with Gasteiger partial charge in [-0.25, -0.2) is 9.97 Å². The standard InChI is InChI=1S/C19H24N6O2/c1-5-15(16-11-24-9-6-8-20-19(24)22-16)21-17(27)7-10-25-13(3)18(14(4)26)12(2)23-25/h6,8-9,11,15H,5,7,10H2,1-4H3,(H,21,27)/t15-/m0/s1. The Morgan fingerprint density at radius 1 is 1.30 bits per heavy atom. The molecule has 0 spiro atoms. The van der Waals surface area contributed by atoms with E-state index in [4.69, 9.17) is 0 Å². The van der Waals surface area contributed by atoms with E-state index >= 15 is 0 Å². The molecule has 0 bridgehead atoms. The lowest BCUT2D eigenvalue weighted by molar-refractivity contribution is -0.122. The van der Waals surface area contributed by atoms with Crippen molar-refractivity contribution < 1.29 is 9.59 Å². The first-order chi connectivity index (χ1) is 12.9. The lowest BCUT2D eigenvalue weighted by Crippen LogP contribution is -2.29. The number of carbonyl (C=O) groups is 2. The van der Waals surface area contributed by atoms with E-state index in [2.05, 4.69) is 20.4 Å². The second-order valence-corrected chi connectivity index (χ2v) is 6.60. The Morgan fingerprint density at radius 2 is 2.07 bits per heavy atom. The van der Waals surface area contributed by atoms with Gasteiger partial charge in [0.05, 0.1) is 23.0 Å². The van der Waals surface area contributed by atoms with Gasteiger partial charge in [-0.15, -0.1) is 0 Å². The summed E-state index contributed by atoms with van der Waals surface area (Å²) in [6.45, 7) is 7.62. The van der Waals surface area contributed by atoms with E-state index in [1.807, 2.05) is 43.6 Å². The van der Waals surface area contributed by atoms with E-state index in [-0.39, 0.29) is 24.2 Å². The number of rotatable bonds is 7. The first kappa shape index (κ1) is 18.8. The van der Waals surface area contributed by atoms with E-state index in [9.17, 15) is 9.59 Å². The lowest BCUT2D eigenvalue weighted by atomic mass is 10.1. The number of imidazole rings is 1. The molecule has 1 amide bonds. The summed E-state index contributed by atoms with van der Waals surface area (Å²) in [5.74, 6) is 0.524. The zero-order valence-corrected chi connectivity index (χ0v) is 16.1. The van der Waals surface area contributed by atoms with Crippen molar-refractivity contribution in [1.82, 2.24) is 29.5 Å². The van der Waals surface area contributed by atoms with Gasteiger partial charge in [-0.1, -0.05) is 6.92 Å². The minimum Gasteiger partial charge on any atom is -0.348 e. The minimum absolute atomic E-state index is 0.00722. The molecule has 0 saturated carbocycles. The summed E-state index contributed by atoms with van der Waals surface area (Å²) in [4.78, 5) is 32.8. The maximum absolute atomic E-state index is 12.4. The fraction of sp³-hybridized carbons (Fsp3) is 0.421. The molecule has 3 aromatic heterocycles. The van der Waals surface area contributed by atoms with Crippen LogP contribution in [0.15, 0.2) is 24.7 Å². The summed E-state index contributed by atoms with van der Waals surface area (Å²) < 4.78 is 3.56. The second kappa shape index (κ2) is 7.69. The van der Waals surface area contributed by atoms with Crippen molar-refractivity contribution in [3.8, 4) is 0 Å². The Morgan fingerprint density at radius 3 is 2.70 bits per heavy atom. The topological polar surface area (TPSA) is 94.2 Å². The molecule has 8 nitrogen and oxygen atoms in total. The zero-order valence-electron chi connectivity index (χ0n) is 16.1. The van der Waals surface area contributed by atoms with Gasteiger partial charge in [0.2, 0.25) is 11.7 Å². The summed E-state index contributed by atoms with van der Waals surface area (Å²) in [5, 5.41) is 7.41. The summed E-state index contributed by atoms with van der Waals surface area (Å²) in [7, 11) is 0. The molecule has 8 heteroatoms. The molecule has 0 fully saturated rings. The lowest BCUT2D eigenvalue weighted by Gasteiger charge is -2.15. The van der Waals surface area contributed by atoms with E-state index in [0.29, 0.717) is 23.6 Å². The monoisotopic (exact) mass is 368 g/mol. The van der Waals surface area contributed by atoms with Gasteiger partial charge in [0, 0.05) is 37.3 Å². The number of fused-ring (bicyclic) bond motifs is 1. The zero-order chi connectivity index (χ0) is 19.6. The van der Waals surface area contributed by atoms with Gasteiger partial charge in [0.1, 0.15) is 0 Å². The molecular weight excluding hydrogens is 344 g/mol. The molecule has 0 aromatic carbocycles. The van der Waals surface area contributed by atoms with E-state index in [0.717, 1.165) is 17.8 Å². The predicted octanol–water partition coefficient (Wildman–Crippen LogP) is 2.40. The molecule has 1 atom stereocenters. The normalized spacial score (nSPS) is 12.3. The third kappa shape index (κ3) is 3.89. The molecule has 3 heterocycles. The van der Waals surface area contributed by atoms with Crippen LogP contribution in [0.3, 0.4) is 0 Å². The number of hydrogen-bond donors (Lipinski definition) is 1. The molecule has 0 saturated heterocycles. The molecule has 142 valence electrons. The molecule has 3 rings (SSSR count). The summed E-state index contributed by atoms with van der Waals surface area (Å²) in [6, 6.07) is 1.66. The van der Waals surface area contributed by atoms with Gasteiger partial charge >= 0.3 is 0 Å². The number of Topliss-reactive ketones (excluding diaryl/α,β-unsaturated/α-hetero) is 1. The molecule has 0 aliphatic heterocycles. The van der Waals surface area contributed by atoms with Crippen LogP contribution in [0, 0.1) is 13.8 Å². The fourth-order valence-electron chi connectivity index (χ4n) is 3.30. The molecule has 27 heavy (non-hydrogen) atoms. The third-order valence-corrected chi connectivity index (χ3v) is 4.64. The van der Waals surface area contributed by atoms with Crippen LogP contribution in [0.2, 0.25) is 0 Å². The second-order valence-electron chi connectivity index (χ2n) is 6.60. The van der Waals surface area contributed by atoms with Crippen molar-refractivity contribution in [3.63, 3.8) is 0 Å². The number of ketones is 1. The Balaban J connectivity index is 1.66. The van der Waals surface area contributed by atoms with Crippen molar-refractivity contribution in [1.29, 1.82) is 0 Å². The van der Waals surface area contributed by atoms with Crippen LogP contribution >= 0.6 is 0 Å². The largest absolute Gasteiger partial charge is 0.348 e. The van der Waals surface area contributed by atoms with Gasteiger partial charge in [-0.3, -0.25) is 18.7 Å². The van der Waals surface area contributed by atoms with Crippen molar-refractivity contribution in [2.45, 2.75) is 53.1 Å².